The van der Waals surface area contributed by atoms with Gasteiger partial charge in [0.05, 0.1) is 0 Å². The fraction of sp³-hybridized carbons (Fsp3) is 0.278. The summed E-state index contributed by atoms with van der Waals surface area (Å²) in [6, 6.07) is 12.8. The smallest absolute Gasteiger partial charge is 0.261 e. The SMILES string of the molecule is CC(C)N(Cc1ccccc1)C(=O)COc1ccc(F)c(F)c1. The number of amides is 1. The molecule has 0 fully saturated rings. The summed E-state index contributed by atoms with van der Waals surface area (Å²) in [6.45, 7) is 4.07. The van der Waals surface area contributed by atoms with Crippen LogP contribution in [-0.2, 0) is 11.3 Å². The summed E-state index contributed by atoms with van der Waals surface area (Å²) in [7, 11) is 0. The first-order valence-electron chi connectivity index (χ1n) is 7.38. The van der Waals surface area contributed by atoms with Gasteiger partial charge in [-0.15, -0.1) is 0 Å². The lowest BCUT2D eigenvalue weighted by molar-refractivity contribution is -0.135. The van der Waals surface area contributed by atoms with Crippen LogP contribution in [0.5, 0.6) is 5.75 Å². The second kappa shape index (κ2) is 7.72. The van der Waals surface area contributed by atoms with Gasteiger partial charge in [-0.25, -0.2) is 8.78 Å². The predicted molar refractivity (Wildman–Crippen MR) is 84.0 cm³/mol. The standard InChI is InChI=1S/C18H19F2NO2/c1-13(2)21(11-14-6-4-3-5-7-14)18(22)12-23-15-8-9-16(19)17(20)10-15/h3-10,13H,11-12H2,1-2H3. The summed E-state index contributed by atoms with van der Waals surface area (Å²) in [6.07, 6.45) is 0. The van der Waals surface area contributed by atoms with Crippen molar-refractivity contribution >= 4 is 5.91 Å². The van der Waals surface area contributed by atoms with Gasteiger partial charge in [-0.05, 0) is 31.5 Å². The van der Waals surface area contributed by atoms with Crippen LogP contribution in [-0.4, -0.2) is 23.5 Å². The fourth-order valence-electron chi connectivity index (χ4n) is 2.13. The third-order valence-electron chi connectivity index (χ3n) is 3.39. The Morgan fingerprint density at radius 2 is 1.78 bits per heavy atom. The monoisotopic (exact) mass is 319 g/mol. The molecule has 0 aromatic heterocycles. The highest BCUT2D eigenvalue weighted by Gasteiger charge is 2.18. The van der Waals surface area contributed by atoms with E-state index >= 15 is 0 Å². The zero-order valence-electron chi connectivity index (χ0n) is 13.1. The molecular weight excluding hydrogens is 300 g/mol. The fourth-order valence-corrected chi connectivity index (χ4v) is 2.13. The molecule has 0 aliphatic heterocycles. The van der Waals surface area contributed by atoms with Crippen molar-refractivity contribution in [1.82, 2.24) is 4.90 Å². The molecule has 0 saturated heterocycles. The van der Waals surface area contributed by atoms with E-state index in [2.05, 4.69) is 0 Å². The molecule has 2 aromatic carbocycles. The van der Waals surface area contributed by atoms with Crippen molar-refractivity contribution in [3.63, 3.8) is 0 Å². The summed E-state index contributed by atoms with van der Waals surface area (Å²) in [5.74, 6) is -2.04. The van der Waals surface area contributed by atoms with E-state index < -0.39 is 11.6 Å². The van der Waals surface area contributed by atoms with Crippen LogP contribution >= 0.6 is 0 Å². The number of carbonyl (C=O) groups excluding carboxylic acids is 1. The maximum absolute atomic E-state index is 13.1. The van der Waals surface area contributed by atoms with Crippen molar-refractivity contribution in [2.75, 3.05) is 6.61 Å². The molecule has 2 aromatic rings. The van der Waals surface area contributed by atoms with E-state index in [4.69, 9.17) is 4.74 Å². The zero-order chi connectivity index (χ0) is 16.8. The van der Waals surface area contributed by atoms with Crippen LogP contribution in [0.1, 0.15) is 19.4 Å². The first kappa shape index (κ1) is 16.9. The van der Waals surface area contributed by atoms with Gasteiger partial charge in [-0.2, -0.15) is 0 Å². The molecule has 0 saturated carbocycles. The minimum Gasteiger partial charge on any atom is -0.484 e. The molecule has 0 atom stereocenters. The number of halogens is 2. The number of benzene rings is 2. The molecule has 0 radical (unpaired) electrons. The number of rotatable bonds is 6. The van der Waals surface area contributed by atoms with E-state index in [0.29, 0.717) is 6.54 Å². The average molecular weight is 319 g/mol. The summed E-state index contributed by atoms with van der Waals surface area (Å²) in [5.41, 5.74) is 1.02. The second-order valence-corrected chi connectivity index (χ2v) is 5.47. The van der Waals surface area contributed by atoms with Crippen LogP contribution in [0.4, 0.5) is 8.78 Å². The van der Waals surface area contributed by atoms with Gasteiger partial charge in [0.2, 0.25) is 0 Å². The Morgan fingerprint density at radius 3 is 2.39 bits per heavy atom. The lowest BCUT2D eigenvalue weighted by Gasteiger charge is -2.27. The predicted octanol–water partition coefficient (Wildman–Crippen LogP) is 3.78. The molecule has 2 rings (SSSR count). The molecular formula is C18H19F2NO2. The van der Waals surface area contributed by atoms with E-state index in [-0.39, 0.29) is 24.3 Å². The van der Waals surface area contributed by atoms with Crippen LogP contribution in [0.3, 0.4) is 0 Å². The maximum Gasteiger partial charge on any atom is 0.261 e. The van der Waals surface area contributed by atoms with Crippen LogP contribution in [0, 0.1) is 11.6 Å². The molecule has 3 nitrogen and oxygen atoms in total. The van der Waals surface area contributed by atoms with Crippen LogP contribution < -0.4 is 4.74 Å². The number of nitrogens with zero attached hydrogens (tertiary/aromatic N) is 1. The minimum atomic E-state index is -1.00. The highest BCUT2D eigenvalue weighted by atomic mass is 19.2. The van der Waals surface area contributed by atoms with Crippen molar-refractivity contribution in [2.45, 2.75) is 26.4 Å². The molecule has 0 aliphatic carbocycles. The number of ether oxygens (including phenoxy) is 1. The number of carbonyl (C=O) groups is 1. The zero-order valence-corrected chi connectivity index (χ0v) is 13.1. The molecule has 0 heterocycles. The lowest BCUT2D eigenvalue weighted by atomic mass is 10.2. The van der Waals surface area contributed by atoms with E-state index in [9.17, 15) is 13.6 Å². The van der Waals surface area contributed by atoms with Crippen LogP contribution in [0.25, 0.3) is 0 Å². The Labute approximate surface area is 134 Å². The Balaban J connectivity index is 1.99. The minimum absolute atomic E-state index is 0.00346. The van der Waals surface area contributed by atoms with Gasteiger partial charge in [0.25, 0.3) is 5.91 Å². The second-order valence-electron chi connectivity index (χ2n) is 5.47. The van der Waals surface area contributed by atoms with Gasteiger partial charge < -0.3 is 9.64 Å². The first-order chi connectivity index (χ1) is 11.0. The van der Waals surface area contributed by atoms with E-state index in [1.165, 1.54) is 6.07 Å². The van der Waals surface area contributed by atoms with E-state index in [1.54, 1.807) is 4.90 Å². The maximum atomic E-state index is 13.1. The van der Waals surface area contributed by atoms with Crippen LogP contribution in [0.2, 0.25) is 0 Å². The average Bonchev–Trinajstić information content (AvgIpc) is 2.54. The number of hydrogen-bond acceptors (Lipinski definition) is 2. The Morgan fingerprint density at radius 1 is 1.09 bits per heavy atom. The molecule has 23 heavy (non-hydrogen) atoms. The van der Waals surface area contributed by atoms with Gasteiger partial charge >= 0.3 is 0 Å². The lowest BCUT2D eigenvalue weighted by Crippen LogP contribution is -2.39. The molecule has 122 valence electrons. The summed E-state index contributed by atoms with van der Waals surface area (Å²) in [4.78, 5) is 14.0. The van der Waals surface area contributed by atoms with Gasteiger partial charge in [-0.3, -0.25) is 4.79 Å². The van der Waals surface area contributed by atoms with E-state index in [0.717, 1.165) is 17.7 Å². The highest BCUT2D eigenvalue weighted by molar-refractivity contribution is 5.78. The Bertz CT molecular complexity index is 659. The Hall–Kier alpha value is -2.43. The molecule has 0 N–H and O–H groups in total. The molecule has 0 unspecified atom stereocenters. The highest BCUT2D eigenvalue weighted by Crippen LogP contribution is 2.16. The third kappa shape index (κ3) is 4.77. The molecule has 0 bridgehead atoms. The van der Waals surface area contributed by atoms with Gasteiger partial charge in [0.1, 0.15) is 5.75 Å². The summed E-state index contributed by atoms with van der Waals surface area (Å²) < 4.78 is 31.3. The summed E-state index contributed by atoms with van der Waals surface area (Å²) in [5, 5.41) is 0. The van der Waals surface area contributed by atoms with Gasteiger partial charge in [0, 0.05) is 18.7 Å². The molecule has 1 amide bonds. The molecule has 0 aliphatic rings. The summed E-state index contributed by atoms with van der Waals surface area (Å²) >= 11 is 0. The Kier molecular flexibility index (Phi) is 5.68. The molecule has 0 spiro atoms. The van der Waals surface area contributed by atoms with Crippen LogP contribution in [0.15, 0.2) is 48.5 Å². The quantitative estimate of drug-likeness (QED) is 0.811. The first-order valence-corrected chi connectivity index (χ1v) is 7.38. The van der Waals surface area contributed by atoms with Crippen molar-refractivity contribution in [3.05, 3.63) is 65.7 Å². The molecule has 5 heteroatoms. The van der Waals surface area contributed by atoms with Crippen molar-refractivity contribution < 1.29 is 18.3 Å². The topological polar surface area (TPSA) is 29.5 Å². The normalized spacial score (nSPS) is 10.7. The van der Waals surface area contributed by atoms with E-state index in [1.807, 2.05) is 44.2 Å². The van der Waals surface area contributed by atoms with Gasteiger partial charge in [0.15, 0.2) is 18.2 Å². The van der Waals surface area contributed by atoms with Crippen molar-refractivity contribution in [2.24, 2.45) is 0 Å². The van der Waals surface area contributed by atoms with Crippen molar-refractivity contribution in [1.29, 1.82) is 0 Å². The van der Waals surface area contributed by atoms with Gasteiger partial charge in [-0.1, -0.05) is 30.3 Å². The third-order valence-corrected chi connectivity index (χ3v) is 3.39. The van der Waals surface area contributed by atoms with Crippen molar-refractivity contribution in [3.8, 4) is 5.75 Å². The largest absolute Gasteiger partial charge is 0.484 e. The number of hydrogen-bond donors (Lipinski definition) is 0.